The van der Waals surface area contributed by atoms with E-state index in [1.807, 2.05) is 0 Å². The zero-order valence-corrected chi connectivity index (χ0v) is 17.5. The first-order chi connectivity index (χ1) is 16.5. The number of carbonyl (C=O) groups is 1. The lowest BCUT2D eigenvalue weighted by Gasteiger charge is -2.16. The number of fused-ring (bicyclic) bond motifs is 2. The van der Waals surface area contributed by atoms with Crippen molar-refractivity contribution in [2.24, 2.45) is 0 Å². The molecular formula is C24H13F6N3O2. The van der Waals surface area contributed by atoms with E-state index < -0.39 is 35.1 Å². The van der Waals surface area contributed by atoms with Crippen molar-refractivity contribution in [2.45, 2.75) is 19.0 Å². The molecule has 4 aromatic rings. The molecule has 178 valence electrons. The molecule has 1 N–H and O–H groups in total. The van der Waals surface area contributed by atoms with Gasteiger partial charge in [-0.15, -0.1) is 10.2 Å². The Labute approximate surface area is 193 Å². The van der Waals surface area contributed by atoms with Crippen LogP contribution in [0.4, 0.5) is 37.8 Å². The number of benzene rings is 3. The third kappa shape index (κ3) is 4.25. The van der Waals surface area contributed by atoms with Gasteiger partial charge in [0, 0.05) is 27.6 Å². The Morgan fingerprint density at radius 3 is 2.11 bits per heavy atom. The first-order valence-corrected chi connectivity index (χ1v) is 10.1. The van der Waals surface area contributed by atoms with Gasteiger partial charge in [-0.3, -0.25) is 0 Å². The monoisotopic (exact) mass is 489 g/mol. The molecule has 0 aliphatic carbocycles. The Bertz CT molecular complexity index is 1450. The van der Waals surface area contributed by atoms with Gasteiger partial charge in [0.05, 0.1) is 16.7 Å². The highest BCUT2D eigenvalue weighted by Gasteiger charge is 2.37. The minimum atomic E-state index is -4.98. The number of aromatic nitrogens is 2. The number of esters is 1. The summed E-state index contributed by atoms with van der Waals surface area (Å²) in [5, 5.41) is 11.7. The molecule has 0 saturated carbocycles. The second-order valence-electron chi connectivity index (χ2n) is 7.81. The Hall–Kier alpha value is -4.15. The fraction of sp³-hybridized carbons (Fsp3) is 0.125. The van der Waals surface area contributed by atoms with E-state index in [1.165, 1.54) is 0 Å². The number of cyclic esters (lactones) is 1. The van der Waals surface area contributed by atoms with Crippen LogP contribution in [0.25, 0.3) is 22.0 Å². The van der Waals surface area contributed by atoms with E-state index in [0.29, 0.717) is 39.7 Å². The van der Waals surface area contributed by atoms with Crippen molar-refractivity contribution in [3.63, 3.8) is 0 Å². The maximum Gasteiger partial charge on any atom is 0.416 e. The van der Waals surface area contributed by atoms with Crippen LogP contribution in [0, 0.1) is 0 Å². The molecule has 0 bridgehead atoms. The number of hydrogen-bond donors (Lipinski definition) is 1. The molecule has 0 radical (unpaired) electrons. The summed E-state index contributed by atoms with van der Waals surface area (Å²) in [6, 6.07) is 12.9. The average Bonchev–Trinajstić information content (AvgIpc) is 3.18. The standard InChI is InChI=1S/C24H13F6N3O2/c25-23(26,27)14-8-15(24(28,29)30)10-16(9-14)31-21-18-4-2-1-3-17(18)20(32-33-21)12-5-6-13-11-35-22(34)19(13)7-12/h1-10H,11H2,(H,31,33). The Morgan fingerprint density at radius 2 is 1.46 bits per heavy atom. The number of alkyl halides is 6. The summed E-state index contributed by atoms with van der Waals surface area (Å²) in [7, 11) is 0. The smallest absolute Gasteiger partial charge is 0.416 e. The second-order valence-corrected chi connectivity index (χ2v) is 7.81. The van der Waals surface area contributed by atoms with Crippen molar-refractivity contribution >= 4 is 28.2 Å². The van der Waals surface area contributed by atoms with E-state index in [-0.39, 0.29) is 18.5 Å². The first-order valence-electron chi connectivity index (χ1n) is 10.1. The number of ether oxygens (including phenoxy) is 1. The van der Waals surface area contributed by atoms with Crippen molar-refractivity contribution in [1.82, 2.24) is 10.2 Å². The molecule has 1 aromatic heterocycles. The van der Waals surface area contributed by atoms with Crippen LogP contribution in [0.3, 0.4) is 0 Å². The highest BCUT2D eigenvalue weighted by Crippen LogP contribution is 2.39. The number of nitrogens with zero attached hydrogens (tertiary/aromatic N) is 2. The van der Waals surface area contributed by atoms with Gasteiger partial charge in [0.1, 0.15) is 12.3 Å². The largest absolute Gasteiger partial charge is 0.457 e. The van der Waals surface area contributed by atoms with Gasteiger partial charge in [-0.05, 0) is 24.3 Å². The summed E-state index contributed by atoms with van der Waals surface area (Å²) in [5.41, 5.74) is -1.30. The van der Waals surface area contributed by atoms with Crippen LogP contribution in [0.1, 0.15) is 27.0 Å². The zero-order chi connectivity index (χ0) is 25.0. The SMILES string of the molecule is O=C1OCc2ccc(-c3nnc(Nc4cc(C(F)(F)F)cc(C(F)(F)F)c4)c4ccccc34)cc21. The molecule has 0 saturated heterocycles. The number of nitrogens with one attached hydrogen (secondary N) is 1. The van der Waals surface area contributed by atoms with E-state index >= 15 is 0 Å². The van der Waals surface area contributed by atoms with Crippen molar-refractivity contribution in [3.05, 3.63) is 82.9 Å². The van der Waals surface area contributed by atoms with Crippen LogP contribution >= 0.6 is 0 Å². The molecule has 1 aliphatic rings. The van der Waals surface area contributed by atoms with Crippen LogP contribution in [0.15, 0.2) is 60.7 Å². The van der Waals surface area contributed by atoms with Gasteiger partial charge in [0.15, 0.2) is 5.82 Å². The number of anilines is 2. The summed E-state index contributed by atoms with van der Waals surface area (Å²) < 4.78 is 84.4. The molecule has 1 aliphatic heterocycles. The molecule has 0 fully saturated rings. The van der Waals surface area contributed by atoms with Crippen molar-refractivity contribution < 1.29 is 35.9 Å². The Morgan fingerprint density at radius 1 is 0.800 bits per heavy atom. The molecule has 0 amide bonds. The molecular weight excluding hydrogens is 476 g/mol. The predicted octanol–water partition coefficient (Wildman–Crippen LogP) is 6.75. The highest BCUT2D eigenvalue weighted by molar-refractivity contribution is 6.02. The van der Waals surface area contributed by atoms with E-state index in [2.05, 4.69) is 15.5 Å². The minimum absolute atomic E-state index is 0.0302. The van der Waals surface area contributed by atoms with Crippen LogP contribution in [-0.2, 0) is 23.7 Å². The zero-order valence-electron chi connectivity index (χ0n) is 17.5. The van der Waals surface area contributed by atoms with Gasteiger partial charge in [0.2, 0.25) is 0 Å². The molecule has 0 spiro atoms. The number of halogens is 6. The molecule has 5 rings (SSSR count). The molecule has 0 unspecified atom stereocenters. The summed E-state index contributed by atoms with van der Waals surface area (Å²) >= 11 is 0. The molecule has 0 atom stereocenters. The van der Waals surface area contributed by atoms with Gasteiger partial charge >= 0.3 is 18.3 Å². The number of rotatable bonds is 3. The number of carbonyl (C=O) groups excluding carboxylic acids is 1. The fourth-order valence-electron chi connectivity index (χ4n) is 3.83. The van der Waals surface area contributed by atoms with E-state index in [9.17, 15) is 31.1 Å². The van der Waals surface area contributed by atoms with Gasteiger partial charge in [-0.25, -0.2) is 4.79 Å². The van der Waals surface area contributed by atoms with Crippen LogP contribution in [-0.4, -0.2) is 16.2 Å². The van der Waals surface area contributed by atoms with Crippen LogP contribution in [0.2, 0.25) is 0 Å². The Kier molecular flexibility index (Phi) is 5.15. The van der Waals surface area contributed by atoms with Crippen molar-refractivity contribution in [1.29, 1.82) is 0 Å². The van der Waals surface area contributed by atoms with Gasteiger partial charge in [-0.2, -0.15) is 26.3 Å². The minimum Gasteiger partial charge on any atom is -0.457 e. The van der Waals surface area contributed by atoms with Crippen molar-refractivity contribution in [3.8, 4) is 11.3 Å². The summed E-state index contributed by atoms with van der Waals surface area (Å²) in [5.74, 6) is -0.500. The normalized spacial score (nSPS) is 13.6. The third-order valence-corrected chi connectivity index (χ3v) is 5.50. The van der Waals surface area contributed by atoms with E-state index in [0.717, 1.165) is 5.56 Å². The molecule has 3 aromatic carbocycles. The maximum absolute atomic E-state index is 13.2. The lowest BCUT2D eigenvalue weighted by molar-refractivity contribution is -0.143. The molecule has 11 heteroatoms. The lowest BCUT2D eigenvalue weighted by atomic mass is 10.0. The topological polar surface area (TPSA) is 64.1 Å². The van der Waals surface area contributed by atoms with Gasteiger partial charge in [-0.1, -0.05) is 36.4 Å². The van der Waals surface area contributed by atoms with Crippen LogP contribution in [0.5, 0.6) is 0 Å². The molecule has 5 nitrogen and oxygen atoms in total. The van der Waals surface area contributed by atoms with E-state index in [1.54, 1.807) is 42.5 Å². The summed E-state index contributed by atoms with van der Waals surface area (Å²) in [4.78, 5) is 11.9. The molecule has 2 heterocycles. The van der Waals surface area contributed by atoms with Gasteiger partial charge < -0.3 is 10.1 Å². The van der Waals surface area contributed by atoms with E-state index in [4.69, 9.17) is 4.74 Å². The molecule has 35 heavy (non-hydrogen) atoms. The first kappa shape index (κ1) is 22.6. The summed E-state index contributed by atoms with van der Waals surface area (Å²) in [6.45, 7) is 0.167. The predicted molar refractivity (Wildman–Crippen MR) is 114 cm³/mol. The van der Waals surface area contributed by atoms with Crippen LogP contribution < -0.4 is 5.32 Å². The quantitative estimate of drug-likeness (QED) is 0.255. The van der Waals surface area contributed by atoms with Gasteiger partial charge in [0.25, 0.3) is 0 Å². The summed E-state index contributed by atoms with van der Waals surface area (Å²) in [6.07, 6.45) is -9.96. The lowest BCUT2D eigenvalue weighted by Crippen LogP contribution is -2.12. The van der Waals surface area contributed by atoms with Crippen molar-refractivity contribution in [2.75, 3.05) is 5.32 Å². The maximum atomic E-state index is 13.2. The Balaban J connectivity index is 1.60. The average molecular weight is 489 g/mol. The fourth-order valence-corrected chi connectivity index (χ4v) is 3.83. The highest BCUT2D eigenvalue weighted by atomic mass is 19.4. The third-order valence-electron chi connectivity index (χ3n) is 5.50. The number of hydrogen-bond acceptors (Lipinski definition) is 5. The second kappa shape index (κ2) is 7.97.